The Labute approximate surface area is 116 Å². The molecule has 0 atom stereocenters. The van der Waals surface area contributed by atoms with Crippen LogP contribution in [-0.4, -0.2) is 21.0 Å². The largest absolute Gasteiger partial charge is 0.385 e. The molecular weight excluding hydrogens is 258 g/mol. The quantitative estimate of drug-likeness (QED) is 0.624. The van der Waals surface area contributed by atoms with Crippen LogP contribution in [-0.2, 0) is 13.6 Å². The van der Waals surface area contributed by atoms with Crippen molar-refractivity contribution in [2.45, 2.75) is 13.5 Å². The van der Waals surface area contributed by atoms with Gasteiger partial charge in [0.2, 0.25) is 0 Å². The molecule has 0 aliphatic rings. The molecule has 0 unspecified atom stereocenters. The van der Waals surface area contributed by atoms with Gasteiger partial charge < -0.3 is 15.2 Å². The van der Waals surface area contributed by atoms with Crippen LogP contribution in [0.25, 0.3) is 0 Å². The minimum Gasteiger partial charge on any atom is -0.385 e. The van der Waals surface area contributed by atoms with E-state index in [-0.39, 0.29) is 5.69 Å². The second-order valence-electron chi connectivity index (χ2n) is 4.36. The first-order chi connectivity index (χ1) is 9.60. The van der Waals surface area contributed by atoms with Crippen LogP contribution in [0.5, 0.6) is 0 Å². The van der Waals surface area contributed by atoms with Crippen molar-refractivity contribution in [2.24, 2.45) is 7.05 Å². The molecule has 20 heavy (non-hydrogen) atoms. The van der Waals surface area contributed by atoms with E-state index in [1.807, 2.05) is 30.8 Å². The van der Waals surface area contributed by atoms with Crippen molar-refractivity contribution >= 4 is 17.1 Å². The summed E-state index contributed by atoms with van der Waals surface area (Å²) in [5.41, 5.74) is 1.48. The predicted molar refractivity (Wildman–Crippen MR) is 77.8 cm³/mol. The summed E-state index contributed by atoms with van der Waals surface area (Å²) in [5.74, 6) is 0.863. The Morgan fingerprint density at radius 2 is 2.00 bits per heavy atom. The number of hydrogen-bond donors (Lipinski definition) is 2. The Morgan fingerprint density at radius 1 is 1.30 bits per heavy atom. The molecule has 0 amide bonds. The Morgan fingerprint density at radius 3 is 2.55 bits per heavy atom. The van der Waals surface area contributed by atoms with Crippen LogP contribution < -0.4 is 10.6 Å². The van der Waals surface area contributed by atoms with Crippen LogP contribution in [0, 0.1) is 10.1 Å². The Balaban J connectivity index is 2.17. The van der Waals surface area contributed by atoms with E-state index in [1.165, 1.54) is 12.1 Å². The monoisotopic (exact) mass is 275 g/mol. The van der Waals surface area contributed by atoms with Gasteiger partial charge >= 0.3 is 0 Å². The van der Waals surface area contributed by atoms with Gasteiger partial charge in [0.15, 0.2) is 0 Å². The highest BCUT2D eigenvalue weighted by atomic mass is 16.6. The lowest BCUT2D eigenvalue weighted by atomic mass is 10.2. The number of nitrogens with zero attached hydrogens (tertiary/aromatic N) is 3. The van der Waals surface area contributed by atoms with Gasteiger partial charge in [-0.3, -0.25) is 10.1 Å². The summed E-state index contributed by atoms with van der Waals surface area (Å²) in [6.07, 6.45) is 3.57. The molecule has 106 valence electrons. The molecule has 1 aromatic carbocycles. The number of hydrogen-bond acceptors (Lipinski definition) is 5. The molecular formula is C13H17N5O2. The van der Waals surface area contributed by atoms with E-state index >= 15 is 0 Å². The molecule has 7 heteroatoms. The molecule has 0 aliphatic heterocycles. The van der Waals surface area contributed by atoms with Gasteiger partial charge in [-0.15, -0.1) is 0 Å². The van der Waals surface area contributed by atoms with Crippen molar-refractivity contribution < 1.29 is 4.92 Å². The molecule has 0 saturated carbocycles. The second kappa shape index (κ2) is 6.05. The van der Waals surface area contributed by atoms with E-state index in [9.17, 15) is 10.1 Å². The number of anilines is 2. The fraction of sp³-hybridized carbons (Fsp3) is 0.308. The first kappa shape index (κ1) is 13.9. The van der Waals surface area contributed by atoms with Gasteiger partial charge in [0.1, 0.15) is 5.82 Å². The molecule has 0 aliphatic carbocycles. The third kappa shape index (κ3) is 3.25. The summed E-state index contributed by atoms with van der Waals surface area (Å²) in [5, 5.41) is 17.2. The highest BCUT2D eigenvalue weighted by Crippen LogP contribution is 2.24. The smallest absolute Gasteiger partial charge is 0.273 e. The van der Waals surface area contributed by atoms with Gasteiger partial charge in [0.25, 0.3) is 5.69 Å². The predicted octanol–water partition coefficient (Wildman–Crippen LogP) is 2.37. The van der Waals surface area contributed by atoms with Crippen LogP contribution in [0.3, 0.4) is 0 Å². The Kier molecular flexibility index (Phi) is 4.19. The molecule has 0 fully saturated rings. The highest BCUT2D eigenvalue weighted by Gasteiger charge is 2.10. The summed E-state index contributed by atoms with van der Waals surface area (Å²) in [7, 11) is 1.90. The molecule has 0 bridgehead atoms. The van der Waals surface area contributed by atoms with E-state index in [4.69, 9.17) is 0 Å². The summed E-state index contributed by atoms with van der Waals surface area (Å²) < 4.78 is 1.90. The summed E-state index contributed by atoms with van der Waals surface area (Å²) in [6, 6.07) is 4.89. The van der Waals surface area contributed by atoms with Gasteiger partial charge in [0.05, 0.1) is 11.5 Å². The van der Waals surface area contributed by atoms with E-state index in [0.717, 1.165) is 11.5 Å². The topological polar surface area (TPSA) is 85.0 Å². The van der Waals surface area contributed by atoms with E-state index in [1.54, 1.807) is 6.20 Å². The maximum atomic E-state index is 10.9. The number of aryl methyl sites for hydroxylation is 1. The second-order valence-corrected chi connectivity index (χ2v) is 4.36. The molecule has 2 N–H and O–H groups in total. The van der Waals surface area contributed by atoms with Crippen LogP contribution in [0.4, 0.5) is 17.1 Å². The molecule has 2 aromatic rings. The van der Waals surface area contributed by atoms with Gasteiger partial charge in [-0.05, 0) is 13.0 Å². The van der Waals surface area contributed by atoms with Crippen molar-refractivity contribution in [3.8, 4) is 0 Å². The number of nitrogens with one attached hydrogen (secondary N) is 2. The lowest BCUT2D eigenvalue weighted by Gasteiger charge is -2.09. The van der Waals surface area contributed by atoms with Crippen LogP contribution >= 0.6 is 0 Å². The zero-order valence-electron chi connectivity index (χ0n) is 11.5. The maximum Gasteiger partial charge on any atom is 0.273 e. The summed E-state index contributed by atoms with van der Waals surface area (Å²) in [4.78, 5) is 14.7. The highest BCUT2D eigenvalue weighted by molar-refractivity contribution is 5.63. The first-order valence-electron chi connectivity index (χ1n) is 6.33. The normalized spacial score (nSPS) is 10.3. The molecule has 0 spiro atoms. The van der Waals surface area contributed by atoms with E-state index in [0.29, 0.717) is 18.8 Å². The lowest BCUT2D eigenvalue weighted by Crippen LogP contribution is -2.06. The standard InChI is InChI=1S/C13H17N5O2/c1-3-14-10-6-11(8-12(7-10)18(19)20)16-9-13-15-4-5-17(13)2/h4-8,14,16H,3,9H2,1-2H3. The van der Waals surface area contributed by atoms with Crippen molar-refractivity contribution in [1.82, 2.24) is 9.55 Å². The fourth-order valence-electron chi connectivity index (χ4n) is 1.87. The maximum absolute atomic E-state index is 10.9. The SMILES string of the molecule is CCNc1cc(NCc2nccn2C)cc([N+](=O)[O-])c1. The number of non-ortho nitro benzene ring substituents is 1. The molecule has 1 heterocycles. The summed E-state index contributed by atoms with van der Waals surface area (Å²) in [6.45, 7) is 3.16. The molecule has 2 rings (SSSR count). The Hall–Kier alpha value is -2.57. The van der Waals surface area contributed by atoms with Gasteiger partial charge in [-0.25, -0.2) is 4.98 Å². The number of nitro benzene ring substituents is 1. The Bertz CT molecular complexity index is 609. The molecule has 1 aromatic heterocycles. The van der Waals surface area contributed by atoms with Crippen molar-refractivity contribution in [1.29, 1.82) is 0 Å². The minimum absolute atomic E-state index is 0.0609. The zero-order valence-corrected chi connectivity index (χ0v) is 11.5. The van der Waals surface area contributed by atoms with Gasteiger partial charge in [-0.1, -0.05) is 0 Å². The van der Waals surface area contributed by atoms with Crippen molar-refractivity contribution in [3.63, 3.8) is 0 Å². The molecule has 0 radical (unpaired) electrons. The molecule has 0 saturated heterocycles. The summed E-state index contributed by atoms with van der Waals surface area (Å²) >= 11 is 0. The van der Waals surface area contributed by atoms with Crippen molar-refractivity contribution in [2.75, 3.05) is 17.2 Å². The average molecular weight is 275 g/mol. The number of rotatable bonds is 6. The first-order valence-corrected chi connectivity index (χ1v) is 6.33. The minimum atomic E-state index is -0.396. The number of imidazole rings is 1. The van der Waals surface area contributed by atoms with Crippen LogP contribution in [0.1, 0.15) is 12.7 Å². The zero-order chi connectivity index (χ0) is 14.5. The van der Waals surface area contributed by atoms with Crippen LogP contribution in [0.15, 0.2) is 30.6 Å². The molecule has 7 nitrogen and oxygen atoms in total. The average Bonchev–Trinajstić information content (AvgIpc) is 2.82. The van der Waals surface area contributed by atoms with Gasteiger partial charge in [0, 0.05) is 49.5 Å². The third-order valence-electron chi connectivity index (χ3n) is 2.88. The van der Waals surface area contributed by atoms with E-state index < -0.39 is 4.92 Å². The van der Waals surface area contributed by atoms with Crippen molar-refractivity contribution in [3.05, 3.63) is 46.5 Å². The number of benzene rings is 1. The number of nitro groups is 1. The third-order valence-corrected chi connectivity index (χ3v) is 2.88. The fourth-order valence-corrected chi connectivity index (χ4v) is 1.87. The van der Waals surface area contributed by atoms with Crippen LogP contribution in [0.2, 0.25) is 0 Å². The van der Waals surface area contributed by atoms with Gasteiger partial charge in [-0.2, -0.15) is 0 Å². The number of aromatic nitrogens is 2. The lowest BCUT2D eigenvalue weighted by molar-refractivity contribution is -0.384. The van der Waals surface area contributed by atoms with E-state index in [2.05, 4.69) is 15.6 Å².